The Morgan fingerprint density at radius 2 is 1.94 bits per heavy atom. The van der Waals surface area contributed by atoms with Crippen molar-refractivity contribution in [3.8, 4) is 18.2 Å². The molecule has 32 heavy (non-hydrogen) atoms. The molecule has 0 bridgehead atoms. The topological polar surface area (TPSA) is 127 Å². The zero-order valence-electron chi connectivity index (χ0n) is 17.0. The highest BCUT2D eigenvalue weighted by molar-refractivity contribution is 5.69. The average Bonchev–Trinajstić information content (AvgIpc) is 2.77. The lowest BCUT2D eigenvalue weighted by molar-refractivity contribution is -0.138. The minimum absolute atomic E-state index is 0.0445. The molecule has 0 fully saturated rings. The number of rotatable bonds is 2. The maximum absolute atomic E-state index is 13.9. The Bertz CT molecular complexity index is 1120. The third-order valence-corrected chi connectivity index (χ3v) is 5.79. The second-order valence-electron chi connectivity index (χ2n) is 7.36. The van der Waals surface area contributed by atoms with E-state index in [0.717, 1.165) is 6.07 Å². The lowest BCUT2D eigenvalue weighted by Gasteiger charge is -2.45. The third-order valence-electron chi connectivity index (χ3n) is 5.79. The average molecular weight is 441 g/mol. The Morgan fingerprint density at radius 1 is 1.28 bits per heavy atom. The van der Waals surface area contributed by atoms with Crippen molar-refractivity contribution in [2.75, 3.05) is 19.7 Å². The van der Waals surface area contributed by atoms with E-state index in [4.69, 9.17) is 10.5 Å². The lowest BCUT2D eigenvalue weighted by Crippen LogP contribution is -2.49. The molecule has 2 atom stereocenters. The van der Waals surface area contributed by atoms with Crippen LogP contribution in [0.2, 0.25) is 0 Å². The maximum Gasteiger partial charge on any atom is 0.416 e. The number of fused-ring (bicyclic) bond motifs is 1. The number of carbonyl (C=O) groups excluding carboxylic acids is 1. The highest BCUT2D eigenvalue weighted by atomic mass is 19.4. The fourth-order valence-electron chi connectivity index (χ4n) is 4.41. The van der Waals surface area contributed by atoms with Gasteiger partial charge in [0.1, 0.15) is 6.07 Å². The number of carbonyl (C=O) groups is 1. The van der Waals surface area contributed by atoms with Crippen molar-refractivity contribution in [2.24, 2.45) is 17.1 Å². The minimum atomic E-state index is -4.76. The molecule has 0 aromatic heterocycles. The second-order valence-corrected chi connectivity index (χ2v) is 7.36. The van der Waals surface area contributed by atoms with Gasteiger partial charge in [0.2, 0.25) is 0 Å². The van der Waals surface area contributed by atoms with Crippen molar-refractivity contribution >= 4 is 6.09 Å². The molecular weight excluding hydrogens is 423 g/mol. The van der Waals surface area contributed by atoms with E-state index < -0.39 is 35.1 Å². The van der Waals surface area contributed by atoms with Crippen LogP contribution in [0.5, 0.6) is 0 Å². The number of nitrogens with two attached hydrogens (primary N) is 1. The number of hydrogen-bond acceptors (Lipinski definition) is 6. The van der Waals surface area contributed by atoms with Gasteiger partial charge >= 0.3 is 12.3 Å². The molecule has 1 aromatic carbocycles. The van der Waals surface area contributed by atoms with Crippen LogP contribution < -0.4 is 5.73 Å². The zero-order chi connectivity index (χ0) is 23.7. The summed E-state index contributed by atoms with van der Waals surface area (Å²) in [5, 5.41) is 29.7. The number of benzene rings is 1. The molecule has 0 saturated carbocycles. The largest absolute Gasteiger partial charge is 0.450 e. The fourth-order valence-corrected chi connectivity index (χ4v) is 4.41. The van der Waals surface area contributed by atoms with E-state index in [0.29, 0.717) is 5.57 Å². The number of amides is 1. The van der Waals surface area contributed by atoms with Crippen molar-refractivity contribution in [3.63, 3.8) is 0 Å². The van der Waals surface area contributed by atoms with E-state index in [-0.39, 0.29) is 36.5 Å². The van der Waals surface area contributed by atoms with Crippen LogP contribution in [0.15, 0.2) is 47.2 Å². The summed E-state index contributed by atoms with van der Waals surface area (Å²) in [5.74, 6) is -2.34. The molecule has 164 valence electrons. The first-order chi connectivity index (χ1) is 15.2. The first-order valence-corrected chi connectivity index (χ1v) is 9.67. The molecule has 1 heterocycles. The molecule has 2 aliphatic rings. The normalized spacial score (nSPS) is 22.0. The van der Waals surface area contributed by atoms with E-state index in [1.54, 1.807) is 19.1 Å². The Hall–Kier alpha value is -3.97. The van der Waals surface area contributed by atoms with Gasteiger partial charge in [0.25, 0.3) is 0 Å². The molecule has 0 unspecified atom stereocenters. The second kappa shape index (κ2) is 8.28. The molecule has 1 aromatic rings. The monoisotopic (exact) mass is 441 g/mol. The van der Waals surface area contributed by atoms with Crippen molar-refractivity contribution in [1.82, 2.24) is 4.90 Å². The van der Waals surface area contributed by atoms with Gasteiger partial charge in [-0.05, 0) is 24.1 Å². The van der Waals surface area contributed by atoms with Crippen LogP contribution in [0, 0.1) is 45.3 Å². The summed E-state index contributed by atoms with van der Waals surface area (Å²) in [6.45, 7) is 1.60. The highest BCUT2D eigenvalue weighted by Gasteiger charge is 2.56. The molecule has 7 nitrogen and oxygen atoms in total. The summed E-state index contributed by atoms with van der Waals surface area (Å²) in [7, 11) is 0. The van der Waals surface area contributed by atoms with Gasteiger partial charge in [0, 0.05) is 24.9 Å². The summed E-state index contributed by atoms with van der Waals surface area (Å²) in [4.78, 5) is 13.6. The highest BCUT2D eigenvalue weighted by Crippen LogP contribution is 2.55. The summed E-state index contributed by atoms with van der Waals surface area (Å²) >= 11 is 0. The standard InChI is InChI=1S/C22H18F3N5O2/c1-2-32-20(31)30-8-7-13-15(9-26)19(29)21(11-27,12-28)18(16(13)10-30)14-5-3-4-6-17(14)22(23,24)25/h3-7,16,18H,2,8,10,29H2,1H3/t16-,18-/m1/s1. The third kappa shape index (κ3) is 3.42. The quantitative estimate of drug-likeness (QED) is 0.747. The number of nitriles is 3. The number of hydrogen-bond donors (Lipinski definition) is 1. The lowest BCUT2D eigenvalue weighted by atomic mass is 9.57. The molecular formula is C22H18F3N5O2. The van der Waals surface area contributed by atoms with Gasteiger partial charge in [-0.15, -0.1) is 0 Å². The summed E-state index contributed by atoms with van der Waals surface area (Å²) in [5.41, 5.74) is 2.35. The van der Waals surface area contributed by atoms with E-state index in [1.165, 1.54) is 29.2 Å². The number of allylic oxidation sites excluding steroid dienone is 2. The first-order valence-electron chi connectivity index (χ1n) is 9.67. The van der Waals surface area contributed by atoms with Crippen molar-refractivity contribution in [3.05, 3.63) is 58.3 Å². The van der Waals surface area contributed by atoms with E-state index in [1.807, 2.05) is 6.07 Å². The molecule has 3 rings (SSSR count). The van der Waals surface area contributed by atoms with E-state index >= 15 is 0 Å². The number of nitrogens with zero attached hydrogens (tertiary/aromatic N) is 4. The summed E-state index contributed by atoms with van der Waals surface area (Å²) in [6, 6.07) is 10.1. The summed E-state index contributed by atoms with van der Waals surface area (Å²) in [6.07, 6.45) is -3.94. The Balaban J connectivity index is 2.33. The molecule has 10 heteroatoms. The van der Waals surface area contributed by atoms with E-state index in [9.17, 15) is 33.8 Å². The molecule has 1 aliphatic heterocycles. The first kappa shape index (κ1) is 22.7. The number of alkyl halides is 3. The molecule has 1 amide bonds. The molecule has 0 saturated heterocycles. The predicted molar refractivity (Wildman–Crippen MR) is 105 cm³/mol. The fraction of sp³-hybridized carbons (Fsp3) is 0.364. The molecule has 2 N–H and O–H groups in total. The Labute approximate surface area is 182 Å². The molecule has 0 spiro atoms. The van der Waals surface area contributed by atoms with Gasteiger partial charge in [-0.2, -0.15) is 29.0 Å². The van der Waals surface area contributed by atoms with Crippen LogP contribution in [0.4, 0.5) is 18.0 Å². The van der Waals surface area contributed by atoms with Gasteiger partial charge in [-0.3, -0.25) is 0 Å². The van der Waals surface area contributed by atoms with E-state index in [2.05, 4.69) is 0 Å². The number of ether oxygens (including phenoxy) is 1. The number of halogens is 3. The Morgan fingerprint density at radius 3 is 2.50 bits per heavy atom. The van der Waals surface area contributed by atoms with Crippen molar-refractivity contribution < 1.29 is 22.7 Å². The predicted octanol–water partition coefficient (Wildman–Crippen LogP) is 3.59. The SMILES string of the molecule is CCOC(=O)N1CC=C2C(C#N)=C(N)C(C#N)(C#N)[C@H](c3ccccc3C(F)(F)F)[C@@H]2C1. The molecule has 0 radical (unpaired) electrons. The van der Waals surface area contributed by atoms with Crippen LogP contribution in [-0.2, 0) is 10.9 Å². The van der Waals surface area contributed by atoms with Crippen LogP contribution in [0.3, 0.4) is 0 Å². The van der Waals surface area contributed by atoms with Crippen LogP contribution >= 0.6 is 0 Å². The minimum Gasteiger partial charge on any atom is -0.450 e. The van der Waals surface area contributed by atoms with Crippen molar-refractivity contribution in [2.45, 2.75) is 19.0 Å². The zero-order valence-corrected chi connectivity index (χ0v) is 17.0. The van der Waals surface area contributed by atoms with Gasteiger partial charge < -0.3 is 15.4 Å². The van der Waals surface area contributed by atoms with Gasteiger partial charge in [-0.1, -0.05) is 24.3 Å². The van der Waals surface area contributed by atoms with Crippen molar-refractivity contribution in [1.29, 1.82) is 15.8 Å². The maximum atomic E-state index is 13.9. The van der Waals surface area contributed by atoms with Gasteiger partial charge in [-0.25, -0.2) is 4.79 Å². The molecule has 1 aliphatic carbocycles. The van der Waals surface area contributed by atoms with Crippen LogP contribution in [0.25, 0.3) is 0 Å². The summed E-state index contributed by atoms with van der Waals surface area (Å²) < 4.78 is 46.6. The Kier molecular flexibility index (Phi) is 5.88. The van der Waals surface area contributed by atoms with Crippen LogP contribution in [0.1, 0.15) is 24.0 Å². The van der Waals surface area contributed by atoms with Crippen LogP contribution in [-0.4, -0.2) is 30.7 Å². The van der Waals surface area contributed by atoms with Gasteiger partial charge in [0.15, 0.2) is 5.41 Å². The smallest absolute Gasteiger partial charge is 0.416 e. The van der Waals surface area contributed by atoms with Gasteiger partial charge in [0.05, 0.1) is 35.6 Å².